The molecule has 220 valence electrons. The molecule has 41 heavy (non-hydrogen) atoms. The highest BCUT2D eigenvalue weighted by Gasteiger charge is 2.41. The van der Waals surface area contributed by atoms with Gasteiger partial charge in [-0.2, -0.15) is 39.5 Å². The molecule has 0 aliphatic rings. The first-order chi connectivity index (χ1) is 18.8. The molecule has 0 aliphatic carbocycles. The second-order valence-corrected chi connectivity index (χ2v) is 9.30. The van der Waals surface area contributed by atoms with Gasteiger partial charge in [-0.05, 0) is 79.1 Å². The van der Waals surface area contributed by atoms with E-state index < -0.39 is 64.0 Å². The van der Waals surface area contributed by atoms with Crippen molar-refractivity contribution in [1.29, 1.82) is 0 Å². The number of nitrogens with one attached hydrogen (secondary N) is 2. The van der Waals surface area contributed by atoms with Crippen LogP contribution in [0.3, 0.4) is 0 Å². The Morgan fingerprint density at radius 1 is 0.854 bits per heavy atom. The Morgan fingerprint density at radius 3 is 1.98 bits per heavy atom. The van der Waals surface area contributed by atoms with Crippen LogP contribution in [0.5, 0.6) is 0 Å². The summed E-state index contributed by atoms with van der Waals surface area (Å²) in [7, 11) is 0. The maximum absolute atomic E-state index is 15.0. The minimum atomic E-state index is -5.23. The molecule has 0 aliphatic heterocycles. The third-order valence-electron chi connectivity index (χ3n) is 6.03. The van der Waals surface area contributed by atoms with Gasteiger partial charge < -0.3 is 0 Å². The molecule has 0 saturated heterocycles. The van der Waals surface area contributed by atoms with Crippen molar-refractivity contribution in [3.8, 4) is 0 Å². The monoisotopic (exact) mass is 612 g/mol. The van der Waals surface area contributed by atoms with E-state index in [-0.39, 0.29) is 22.9 Å². The van der Waals surface area contributed by atoms with Crippen LogP contribution in [-0.2, 0) is 12.4 Å². The molecule has 0 spiro atoms. The molecule has 0 radical (unpaired) electrons. The third-order valence-corrected chi connectivity index (χ3v) is 6.42. The SMILES string of the molecule is Cc1cc(C(/C=C(\F)c2ccc(C(=O)NNc3ccc(C(F)(F)F)cc3)c(C(F)(F)F)c2)C(F)(F)F)cc(Cl)c1C. The number of aryl methyl sites for hydroxylation is 1. The Balaban J connectivity index is 1.93. The summed E-state index contributed by atoms with van der Waals surface area (Å²) in [5.74, 6) is -5.59. The molecule has 14 heteroatoms. The fourth-order valence-electron chi connectivity index (χ4n) is 3.71. The number of carbonyl (C=O) groups excluding carboxylic acids is 1. The summed E-state index contributed by atoms with van der Waals surface area (Å²) in [5.41, 5.74) is -0.186. The maximum atomic E-state index is 15.0. The van der Waals surface area contributed by atoms with Crippen LogP contribution in [0.2, 0.25) is 5.02 Å². The Hall–Kier alpha value is -3.74. The first-order valence-corrected chi connectivity index (χ1v) is 11.8. The third kappa shape index (κ3) is 7.72. The van der Waals surface area contributed by atoms with E-state index in [2.05, 4.69) is 5.43 Å². The topological polar surface area (TPSA) is 41.1 Å². The maximum Gasteiger partial charge on any atom is 0.417 e. The van der Waals surface area contributed by atoms with Crippen LogP contribution in [0, 0.1) is 13.8 Å². The van der Waals surface area contributed by atoms with Crippen LogP contribution >= 0.6 is 11.6 Å². The van der Waals surface area contributed by atoms with Crippen molar-refractivity contribution in [2.75, 3.05) is 5.43 Å². The van der Waals surface area contributed by atoms with Gasteiger partial charge in [0, 0.05) is 10.6 Å². The van der Waals surface area contributed by atoms with Crippen LogP contribution in [0.25, 0.3) is 5.83 Å². The van der Waals surface area contributed by atoms with Gasteiger partial charge in [-0.25, -0.2) is 4.39 Å². The number of alkyl halides is 9. The number of benzene rings is 3. The Kier molecular flexibility index (Phi) is 9.02. The van der Waals surface area contributed by atoms with Crippen LogP contribution in [-0.4, -0.2) is 12.1 Å². The molecule has 1 unspecified atom stereocenters. The summed E-state index contributed by atoms with van der Waals surface area (Å²) in [6, 6.07) is 6.72. The van der Waals surface area contributed by atoms with Gasteiger partial charge in [-0.3, -0.25) is 15.6 Å². The normalized spacial score (nSPS) is 13.6. The molecule has 0 aromatic heterocycles. The standard InChI is InChI=1S/C27H19ClF10N2O/c1-13-9-16(11-22(28)14(13)2)20(26(33,34)35)12-23(29)15-3-8-19(21(10-15)27(36,37)38)24(41)40-39-18-6-4-17(5-7-18)25(30,31)32/h3-12,20,39H,1-2H3,(H,40,41)/b23-12-. The molecule has 3 rings (SSSR count). The molecule has 1 amide bonds. The second kappa shape index (κ2) is 11.6. The zero-order valence-corrected chi connectivity index (χ0v) is 21.7. The van der Waals surface area contributed by atoms with Crippen LogP contribution < -0.4 is 10.9 Å². The van der Waals surface area contributed by atoms with Gasteiger partial charge in [0.2, 0.25) is 0 Å². The first-order valence-electron chi connectivity index (χ1n) is 11.4. The zero-order valence-electron chi connectivity index (χ0n) is 20.9. The molecule has 3 nitrogen and oxygen atoms in total. The summed E-state index contributed by atoms with van der Waals surface area (Å²) < 4.78 is 136. The molecule has 3 aromatic rings. The Labute approximate surface area is 231 Å². The number of carbonyl (C=O) groups is 1. The molecule has 0 saturated carbocycles. The number of allylic oxidation sites excluding steroid dienone is 1. The van der Waals surface area contributed by atoms with Gasteiger partial charge in [-0.1, -0.05) is 23.7 Å². The van der Waals surface area contributed by atoms with Crippen molar-refractivity contribution < 1.29 is 48.7 Å². The molecular weight excluding hydrogens is 594 g/mol. The van der Waals surface area contributed by atoms with Crippen molar-refractivity contribution >= 4 is 29.0 Å². The van der Waals surface area contributed by atoms with Crippen molar-refractivity contribution in [1.82, 2.24) is 5.43 Å². The molecule has 0 bridgehead atoms. The molecule has 1 atom stereocenters. The Bertz CT molecular complexity index is 1440. The summed E-state index contributed by atoms with van der Waals surface area (Å²) >= 11 is 5.98. The highest BCUT2D eigenvalue weighted by molar-refractivity contribution is 6.31. The lowest BCUT2D eigenvalue weighted by Gasteiger charge is -2.20. The number of amides is 1. The van der Waals surface area contributed by atoms with Gasteiger partial charge in [0.25, 0.3) is 5.91 Å². The largest absolute Gasteiger partial charge is 0.417 e. The predicted molar refractivity (Wildman–Crippen MR) is 133 cm³/mol. The number of halogens is 11. The lowest BCUT2D eigenvalue weighted by molar-refractivity contribution is -0.140. The van der Waals surface area contributed by atoms with E-state index in [0.29, 0.717) is 35.4 Å². The van der Waals surface area contributed by atoms with Gasteiger partial charge >= 0.3 is 18.5 Å². The molecule has 2 N–H and O–H groups in total. The minimum absolute atomic E-state index is 0.0114. The number of hydrogen-bond acceptors (Lipinski definition) is 2. The predicted octanol–water partition coefficient (Wildman–Crippen LogP) is 9.41. The van der Waals surface area contributed by atoms with Crippen molar-refractivity contribution in [3.05, 3.63) is 105 Å². The lowest BCUT2D eigenvalue weighted by Crippen LogP contribution is -2.31. The molecular formula is C27H19ClF10N2O. The highest BCUT2D eigenvalue weighted by atomic mass is 35.5. The fraction of sp³-hybridized carbons (Fsp3) is 0.222. The summed E-state index contributed by atoms with van der Waals surface area (Å²) in [6.45, 7) is 3.06. The van der Waals surface area contributed by atoms with Gasteiger partial charge in [-0.15, -0.1) is 0 Å². The fourth-order valence-corrected chi connectivity index (χ4v) is 3.98. The van der Waals surface area contributed by atoms with Crippen LogP contribution in [0.1, 0.15) is 49.7 Å². The highest BCUT2D eigenvalue weighted by Crippen LogP contribution is 2.41. The Morgan fingerprint density at radius 2 is 1.46 bits per heavy atom. The van der Waals surface area contributed by atoms with E-state index >= 15 is 4.39 Å². The van der Waals surface area contributed by atoms with E-state index in [0.717, 1.165) is 24.3 Å². The van der Waals surface area contributed by atoms with Gasteiger partial charge in [0.15, 0.2) is 0 Å². The van der Waals surface area contributed by atoms with Crippen LogP contribution in [0.15, 0.2) is 60.7 Å². The van der Waals surface area contributed by atoms with E-state index in [1.807, 2.05) is 5.43 Å². The number of hydrogen-bond donors (Lipinski definition) is 2. The smallest absolute Gasteiger partial charge is 0.298 e. The van der Waals surface area contributed by atoms with E-state index in [1.165, 1.54) is 6.92 Å². The van der Waals surface area contributed by atoms with Gasteiger partial charge in [0.05, 0.1) is 22.4 Å². The molecule has 0 heterocycles. The number of rotatable bonds is 6. The molecule has 3 aromatic carbocycles. The quantitative estimate of drug-likeness (QED) is 0.215. The van der Waals surface area contributed by atoms with Crippen molar-refractivity contribution in [2.45, 2.75) is 38.3 Å². The zero-order chi connectivity index (χ0) is 30.9. The summed E-state index contributed by atoms with van der Waals surface area (Å²) in [6.07, 6.45) is -14.8. The van der Waals surface area contributed by atoms with Crippen molar-refractivity contribution in [2.24, 2.45) is 0 Å². The second-order valence-electron chi connectivity index (χ2n) is 8.89. The average molecular weight is 613 g/mol. The molecule has 0 fully saturated rings. The van der Waals surface area contributed by atoms with Crippen LogP contribution in [0.4, 0.5) is 49.6 Å². The summed E-state index contributed by atoms with van der Waals surface area (Å²) in [4.78, 5) is 12.5. The first kappa shape index (κ1) is 31.8. The minimum Gasteiger partial charge on any atom is -0.298 e. The van der Waals surface area contributed by atoms with Gasteiger partial charge in [0.1, 0.15) is 11.7 Å². The number of hydrazine groups is 1. The number of anilines is 1. The van der Waals surface area contributed by atoms with E-state index in [1.54, 1.807) is 6.92 Å². The van der Waals surface area contributed by atoms with Crippen molar-refractivity contribution in [3.63, 3.8) is 0 Å². The van der Waals surface area contributed by atoms with E-state index in [4.69, 9.17) is 11.6 Å². The average Bonchev–Trinajstić information content (AvgIpc) is 2.86. The lowest BCUT2D eigenvalue weighted by atomic mass is 9.93. The van der Waals surface area contributed by atoms with E-state index in [9.17, 15) is 44.3 Å². The summed E-state index contributed by atoms with van der Waals surface area (Å²) in [5, 5.41) is -0.0114.